The van der Waals surface area contributed by atoms with Gasteiger partial charge in [0.1, 0.15) is 13.2 Å². The van der Waals surface area contributed by atoms with Gasteiger partial charge in [0.05, 0.1) is 6.54 Å². The summed E-state index contributed by atoms with van der Waals surface area (Å²) in [5.41, 5.74) is 1.08. The molecule has 0 saturated carbocycles. The highest BCUT2D eigenvalue weighted by Crippen LogP contribution is 2.34. The summed E-state index contributed by atoms with van der Waals surface area (Å²) < 4.78 is 11.4. The normalized spacial score (nSPS) is 13.2. The second kappa shape index (κ2) is 9.52. The Labute approximate surface area is 145 Å². The first-order chi connectivity index (χ1) is 11.7. The van der Waals surface area contributed by atoms with Crippen molar-refractivity contribution in [1.82, 2.24) is 9.80 Å². The van der Waals surface area contributed by atoms with E-state index in [1.165, 1.54) is 0 Å². The number of ether oxygens (including phenoxy) is 2. The maximum atomic E-state index is 12.6. The van der Waals surface area contributed by atoms with Crippen molar-refractivity contribution in [3.63, 3.8) is 0 Å². The summed E-state index contributed by atoms with van der Waals surface area (Å²) in [7, 11) is 0. The fourth-order valence-electron chi connectivity index (χ4n) is 2.97. The third-order valence-electron chi connectivity index (χ3n) is 4.19. The van der Waals surface area contributed by atoms with E-state index in [2.05, 4.69) is 31.7 Å². The van der Waals surface area contributed by atoms with Gasteiger partial charge in [-0.1, -0.05) is 32.9 Å². The molecule has 0 aromatic heterocycles. The number of amides is 1. The topological polar surface area (TPSA) is 42.0 Å². The van der Waals surface area contributed by atoms with Crippen LogP contribution in [0.1, 0.15) is 39.2 Å². The van der Waals surface area contributed by atoms with Crippen molar-refractivity contribution in [3.8, 4) is 11.5 Å². The van der Waals surface area contributed by atoms with E-state index in [0.717, 1.165) is 49.5 Å². The minimum Gasteiger partial charge on any atom is -0.486 e. The summed E-state index contributed by atoms with van der Waals surface area (Å²) in [6.45, 7) is 11.1. The predicted octanol–water partition coefficient (Wildman–Crippen LogP) is 2.93. The maximum absolute atomic E-state index is 12.6. The highest BCUT2D eigenvalue weighted by atomic mass is 16.6. The number of hydrogen-bond acceptors (Lipinski definition) is 4. The Hall–Kier alpha value is -1.75. The van der Waals surface area contributed by atoms with E-state index in [1.807, 2.05) is 17.0 Å². The second-order valence-electron chi connectivity index (χ2n) is 6.13. The molecule has 0 bridgehead atoms. The van der Waals surface area contributed by atoms with E-state index in [-0.39, 0.29) is 5.91 Å². The fourth-order valence-corrected chi connectivity index (χ4v) is 2.97. The summed E-state index contributed by atoms with van der Waals surface area (Å²) in [5.74, 6) is 1.84. The van der Waals surface area contributed by atoms with Gasteiger partial charge in [0.15, 0.2) is 11.5 Å². The van der Waals surface area contributed by atoms with E-state index in [1.54, 1.807) is 0 Å². The van der Waals surface area contributed by atoms with Gasteiger partial charge in [-0.3, -0.25) is 9.69 Å². The Kier molecular flexibility index (Phi) is 7.37. The zero-order valence-corrected chi connectivity index (χ0v) is 15.2. The van der Waals surface area contributed by atoms with Gasteiger partial charge in [0.2, 0.25) is 5.91 Å². The van der Waals surface area contributed by atoms with Crippen molar-refractivity contribution in [1.29, 1.82) is 0 Å². The molecule has 2 rings (SSSR count). The molecule has 5 heteroatoms. The third-order valence-corrected chi connectivity index (χ3v) is 4.19. The van der Waals surface area contributed by atoms with Crippen molar-refractivity contribution in [2.24, 2.45) is 0 Å². The number of carbonyl (C=O) groups excluding carboxylic acids is 1. The number of carbonyl (C=O) groups is 1. The number of nitrogens with zero attached hydrogens (tertiary/aromatic N) is 2. The number of fused-ring (bicyclic) bond motifs is 1. The van der Waals surface area contributed by atoms with Crippen LogP contribution in [0.15, 0.2) is 18.2 Å². The van der Waals surface area contributed by atoms with Crippen LogP contribution in [0.25, 0.3) is 0 Å². The van der Waals surface area contributed by atoms with Gasteiger partial charge in [-0.25, -0.2) is 0 Å². The van der Waals surface area contributed by atoms with E-state index in [0.29, 0.717) is 26.3 Å². The lowest BCUT2D eigenvalue weighted by Crippen LogP contribution is -2.41. The first-order valence-electron chi connectivity index (χ1n) is 9.07. The molecule has 0 aliphatic carbocycles. The summed E-state index contributed by atoms with van der Waals surface area (Å²) in [6, 6.07) is 5.97. The highest BCUT2D eigenvalue weighted by molar-refractivity contribution is 5.78. The lowest BCUT2D eigenvalue weighted by molar-refractivity contribution is -0.132. The molecule has 1 aliphatic rings. The number of benzene rings is 1. The molecule has 134 valence electrons. The SMILES string of the molecule is CCCN(CCC)C(=O)CN(CC)Cc1cccc2c1OCCO2. The standard InChI is InChI=1S/C19H30N2O3/c1-4-10-21(11-5-2)18(22)15-20(6-3)14-16-8-7-9-17-19(16)24-13-12-23-17/h7-9H,4-6,10-15H2,1-3H3. The molecule has 0 N–H and O–H groups in total. The molecule has 1 aromatic rings. The summed E-state index contributed by atoms with van der Waals surface area (Å²) in [5, 5.41) is 0. The number of hydrogen-bond donors (Lipinski definition) is 0. The second-order valence-corrected chi connectivity index (χ2v) is 6.13. The van der Waals surface area contributed by atoms with Crippen LogP contribution in [-0.4, -0.2) is 55.1 Å². The smallest absolute Gasteiger partial charge is 0.236 e. The molecule has 0 atom stereocenters. The first-order valence-corrected chi connectivity index (χ1v) is 9.07. The van der Waals surface area contributed by atoms with Crippen molar-refractivity contribution in [3.05, 3.63) is 23.8 Å². The van der Waals surface area contributed by atoms with Crippen LogP contribution < -0.4 is 9.47 Å². The number of rotatable bonds is 9. The quantitative estimate of drug-likeness (QED) is 0.696. The molecular weight excluding hydrogens is 304 g/mol. The summed E-state index contributed by atoms with van der Waals surface area (Å²) >= 11 is 0. The van der Waals surface area contributed by atoms with E-state index in [9.17, 15) is 4.79 Å². The van der Waals surface area contributed by atoms with Crippen LogP contribution in [0.3, 0.4) is 0 Å². The molecule has 1 heterocycles. The molecule has 0 fully saturated rings. The van der Waals surface area contributed by atoms with Crippen LogP contribution in [0.5, 0.6) is 11.5 Å². The van der Waals surface area contributed by atoms with Gasteiger partial charge in [-0.05, 0) is 25.5 Å². The van der Waals surface area contributed by atoms with Crippen molar-refractivity contribution in [2.75, 3.05) is 39.4 Å². The highest BCUT2D eigenvalue weighted by Gasteiger charge is 2.20. The monoisotopic (exact) mass is 334 g/mol. The predicted molar refractivity (Wildman–Crippen MR) is 95.5 cm³/mol. The van der Waals surface area contributed by atoms with Gasteiger partial charge in [0, 0.05) is 25.2 Å². The van der Waals surface area contributed by atoms with Gasteiger partial charge < -0.3 is 14.4 Å². The first kappa shape index (κ1) is 18.6. The molecule has 0 radical (unpaired) electrons. The van der Waals surface area contributed by atoms with Crippen LogP contribution in [0.4, 0.5) is 0 Å². The molecule has 1 aliphatic heterocycles. The Morgan fingerprint density at radius 3 is 2.46 bits per heavy atom. The van der Waals surface area contributed by atoms with Gasteiger partial charge >= 0.3 is 0 Å². The Morgan fingerprint density at radius 1 is 1.08 bits per heavy atom. The van der Waals surface area contributed by atoms with E-state index >= 15 is 0 Å². The van der Waals surface area contributed by atoms with E-state index in [4.69, 9.17) is 9.47 Å². The Balaban J connectivity index is 2.03. The van der Waals surface area contributed by atoms with Crippen molar-refractivity contribution < 1.29 is 14.3 Å². The minimum absolute atomic E-state index is 0.211. The fraction of sp³-hybridized carbons (Fsp3) is 0.632. The van der Waals surface area contributed by atoms with Gasteiger partial charge in [-0.15, -0.1) is 0 Å². The molecule has 1 amide bonds. The van der Waals surface area contributed by atoms with Crippen LogP contribution in [-0.2, 0) is 11.3 Å². The van der Waals surface area contributed by atoms with Crippen molar-refractivity contribution in [2.45, 2.75) is 40.2 Å². The Bertz CT molecular complexity index is 527. The largest absolute Gasteiger partial charge is 0.486 e. The van der Waals surface area contributed by atoms with Gasteiger partial charge in [-0.2, -0.15) is 0 Å². The molecule has 0 spiro atoms. The zero-order chi connectivity index (χ0) is 17.4. The van der Waals surface area contributed by atoms with Gasteiger partial charge in [0.25, 0.3) is 0 Å². The lowest BCUT2D eigenvalue weighted by atomic mass is 10.1. The van der Waals surface area contributed by atoms with Crippen molar-refractivity contribution >= 4 is 5.91 Å². The summed E-state index contributed by atoms with van der Waals surface area (Å²) in [4.78, 5) is 16.7. The van der Waals surface area contributed by atoms with E-state index < -0.39 is 0 Å². The molecule has 24 heavy (non-hydrogen) atoms. The lowest BCUT2D eigenvalue weighted by Gasteiger charge is -2.28. The molecule has 1 aromatic carbocycles. The third kappa shape index (κ3) is 4.87. The average molecular weight is 334 g/mol. The maximum Gasteiger partial charge on any atom is 0.236 e. The Morgan fingerprint density at radius 2 is 1.79 bits per heavy atom. The molecular formula is C19H30N2O3. The average Bonchev–Trinajstić information content (AvgIpc) is 2.61. The molecule has 0 unspecified atom stereocenters. The molecule has 5 nitrogen and oxygen atoms in total. The minimum atomic E-state index is 0.211. The number of para-hydroxylation sites is 1. The summed E-state index contributed by atoms with van der Waals surface area (Å²) in [6.07, 6.45) is 1.99. The van der Waals surface area contributed by atoms with Crippen LogP contribution >= 0.6 is 0 Å². The molecule has 0 saturated heterocycles. The zero-order valence-electron chi connectivity index (χ0n) is 15.2. The number of likely N-dealkylation sites (N-methyl/N-ethyl adjacent to an activating group) is 1. The van der Waals surface area contributed by atoms with Crippen LogP contribution in [0, 0.1) is 0 Å². The van der Waals surface area contributed by atoms with Crippen LogP contribution in [0.2, 0.25) is 0 Å².